The van der Waals surface area contributed by atoms with E-state index in [9.17, 15) is 24.0 Å². The maximum Gasteiger partial charge on any atom is 0.336 e. The molecule has 8 nitrogen and oxygen atoms in total. The molecule has 9 heteroatoms. The Kier molecular flexibility index (Phi) is 8.67. The number of amides is 4. The first-order valence-electron chi connectivity index (χ1n) is 10.4. The number of rotatable bonds is 6. The van der Waals surface area contributed by atoms with Crippen LogP contribution in [0.3, 0.4) is 0 Å². The zero-order valence-electron chi connectivity index (χ0n) is 17.3. The van der Waals surface area contributed by atoms with Gasteiger partial charge in [-0.25, -0.2) is 4.79 Å². The fraction of sp³-hybridized carbons (Fsp3) is 0.750. The van der Waals surface area contributed by atoms with Crippen LogP contribution in [0.25, 0.3) is 0 Å². The SMILES string of the molecule is CC.CCSC1CC(=O)N(CC2CCC(C(=O)ON3C(=O)CCC3=O)CC2)C1=O. The number of nitrogens with zero attached hydrogens (tertiary/aromatic N) is 2. The van der Waals surface area contributed by atoms with E-state index in [1.54, 1.807) is 0 Å². The van der Waals surface area contributed by atoms with Gasteiger partial charge in [0.25, 0.3) is 11.8 Å². The molecule has 3 fully saturated rings. The summed E-state index contributed by atoms with van der Waals surface area (Å²) in [6, 6.07) is 0. The summed E-state index contributed by atoms with van der Waals surface area (Å²) in [4.78, 5) is 66.1. The Labute approximate surface area is 175 Å². The third-order valence-corrected chi connectivity index (χ3v) is 6.48. The van der Waals surface area contributed by atoms with Crippen molar-refractivity contribution in [3.05, 3.63) is 0 Å². The first-order valence-corrected chi connectivity index (χ1v) is 11.5. The Morgan fingerprint density at radius 3 is 2.14 bits per heavy atom. The van der Waals surface area contributed by atoms with E-state index in [-0.39, 0.29) is 48.2 Å². The van der Waals surface area contributed by atoms with Crippen molar-refractivity contribution in [3.8, 4) is 0 Å². The number of imide groups is 2. The molecule has 29 heavy (non-hydrogen) atoms. The number of hydrogen-bond donors (Lipinski definition) is 0. The van der Waals surface area contributed by atoms with Crippen molar-refractivity contribution in [1.29, 1.82) is 0 Å². The van der Waals surface area contributed by atoms with Crippen LogP contribution in [0.15, 0.2) is 0 Å². The van der Waals surface area contributed by atoms with Crippen LogP contribution in [0.1, 0.15) is 65.7 Å². The van der Waals surface area contributed by atoms with Gasteiger partial charge in [0.2, 0.25) is 11.8 Å². The van der Waals surface area contributed by atoms with Crippen molar-refractivity contribution in [3.63, 3.8) is 0 Å². The molecule has 0 radical (unpaired) electrons. The Hall–Kier alpha value is -1.90. The highest BCUT2D eigenvalue weighted by Gasteiger charge is 2.41. The van der Waals surface area contributed by atoms with Gasteiger partial charge in [0.1, 0.15) is 0 Å². The first kappa shape index (κ1) is 23.4. The molecule has 2 heterocycles. The van der Waals surface area contributed by atoms with Crippen LogP contribution in [-0.2, 0) is 28.8 Å². The summed E-state index contributed by atoms with van der Waals surface area (Å²) in [6.07, 6.45) is 2.94. The second-order valence-corrected chi connectivity index (χ2v) is 8.68. The molecule has 0 aromatic heterocycles. The fourth-order valence-electron chi connectivity index (χ4n) is 3.84. The molecule has 4 amide bonds. The molecular weight excluding hydrogens is 396 g/mol. The lowest BCUT2D eigenvalue weighted by atomic mass is 9.82. The summed E-state index contributed by atoms with van der Waals surface area (Å²) in [7, 11) is 0. The maximum absolute atomic E-state index is 12.3. The molecule has 1 unspecified atom stereocenters. The number of carbonyl (C=O) groups excluding carboxylic acids is 5. The van der Waals surface area contributed by atoms with Crippen LogP contribution >= 0.6 is 11.8 Å². The molecule has 0 N–H and O–H groups in total. The normalized spacial score (nSPS) is 27.2. The van der Waals surface area contributed by atoms with Crippen molar-refractivity contribution >= 4 is 41.4 Å². The lowest BCUT2D eigenvalue weighted by Gasteiger charge is -2.30. The topological polar surface area (TPSA) is 101 Å². The summed E-state index contributed by atoms with van der Waals surface area (Å²) < 4.78 is 0. The predicted octanol–water partition coefficient (Wildman–Crippen LogP) is 2.31. The monoisotopic (exact) mass is 426 g/mol. The van der Waals surface area contributed by atoms with E-state index in [1.807, 2.05) is 20.8 Å². The number of thioether (sulfide) groups is 1. The van der Waals surface area contributed by atoms with Crippen LogP contribution < -0.4 is 0 Å². The van der Waals surface area contributed by atoms with E-state index in [0.29, 0.717) is 37.3 Å². The predicted molar refractivity (Wildman–Crippen MR) is 107 cm³/mol. The van der Waals surface area contributed by atoms with Crippen LogP contribution in [0, 0.1) is 11.8 Å². The zero-order valence-corrected chi connectivity index (χ0v) is 18.2. The standard InChI is InChI=1S/C18H24N2O6S.C2H6/c1-2-27-13-9-16(23)19(17(13)24)10-11-3-5-12(6-4-11)18(25)26-20-14(21)7-8-15(20)22;1-2/h11-13H,2-10H2,1H3;1-2H3. The molecule has 3 aliphatic rings. The average Bonchev–Trinajstić information content (AvgIpc) is 3.18. The van der Waals surface area contributed by atoms with Gasteiger partial charge in [0.05, 0.1) is 11.2 Å². The molecule has 0 aromatic rings. The van der Waals surface area contributed by atoms with Crippen LogP contribution in [-0.4, -0.2) is 57.1 Å². The van der Waals surface area contributed by atoms with E-state index < -0.39 is 17.8 Å². The molecule has 0 bridgehead atoms. The van der Waals surface area contributed by atoms with Gasteiger partial charge < -0.3 is 4.84 Å². The van der Waals surface area contributed by atoms with Crippen molar-refractivity contribution in [2.24, 2.45) is 11.8 Å². The lowest BCUT2D eigenvalue weighted by Crippen LogP contribution is -2.39. The van der Waals surface area contributed by atoms with E-state index >= 15 is 0 Å². The summed E-state index contributed by atoms with van der Waals surface area (Å²) in [6.45, 7) is 6.37. The van der Waals surface area contributed by atoms with Gasteiger partial charge in [-0.15, -0.1) is 16.8 Å². The molecule has 1 aliphatic carbocycles. The first-order chi connectivity index (χ1) is 13.9. The molecule has 1 atom stereocenters. The van der Waals surface area contributed by atoms with Crippen molar-refractivity contribution in [2.45, 2.75) is 71.0 Å². The molecule has 2 aliphatic heterocycles. The summed E-state index contributed by atoms with van der Waals surface area (Å²) >= 11 is 1.50. The fourth-order valence-corrected chi connectivity index (χ4v) is 4.77. The Bertz CT molecular complexity index is 643. The minimum Gasteiger partial charge on any atom is -0.330 e. The largest absolute Gasteiger partial charge is 0.336 e. The highest BCUT2D eigenvalue weighted by atomic mass is 32.2. The molecule has 2 saturated heterocycles. The lowest BCUT2D eigenvalue weighted by molar-refractivity contribution is -0.201. The Morgan fingerprint density at radius 2 is 1.59 bits per heavy atom. The van der Waals surface area contributed by atoms with Crippen LogP contribution in [0.5, 0.6) is 0 Å². The van der Waals surface area contributed by atoms with Gasteiger partial charge >= 0.3 is 5.97 Å². The van der Waals surface area contributed by atoms with Crippen molar-refractivity contribution in [1.82, 2.24) is 9.96 Å². The average molecular weight is 427 g/mol. The van der Waals surface area contributed by atoms with Gasteiger partial charge in [0, 0.05) is 25.8 Å². The molecule has 0 aromatic carbocycles. The third-order valence-electron chi connectivity index (χ3n) is 5.38. The number of carbonyl (C=O) groups is 5. The molecular formula is C20H30N2O6S. The zero-order chi connectivity index (χ0) is 21.6. The van der Waals surface area contributed by atoms with Gasteiger partial charge in [-0.2, -0.15) is 0 Å². The summed E-state index contributed by atoms with van der Waals surface area (Å²) in [5, 5.41) is 0.325. The van der Waals surface area contributed by atoms with Gasteiger partial charge in [0.15, 0.2) is 0 Å². The highest BCUT2D eigenvalue weighted by molar-refractivity contribution is 8.00. The Balaban J connectivity index is 0.00000145. The second-order valence-electron chi connectivity index (χ2n) is 7.20. The number of likely N-dealkylation sites (tertiary alicyclic amines) is 1. The minimum atomic E-state index is -0.551. The van der Waals surface area contributed by atoms with Crippen molar-refractivity contribution in [2.75, 3.05) is 12.3 Å². The van der Waals surface area contributed by atoms with E-state index in [0.717, 1.165) is 5.75 Å². The summed E-state index contributed by atoms with van der Waals surface area (Å²) in [5.74, 6) is -1.12. The second kappa shape index (κ2) is 10.8. The maximum atomic E-state index is 12.3. The van der Waals surface area contributed by atoms with E-state index in [2.05, 4.69) is 0 Å². The minimum absolute atomic E-state index is 0.0774. The third kappa shape index (κ3) is 5.58. The smallest absolute Gasteiger partial charge is 0.330 e. The molecule has 1 saturated carbocycles. The van der Waals surface area contributed by atoms with Crippen LogP contribution in [0.2, 0.25) is 0 Å². The summed E-state index contributed by atoms with van der Waals surface area (Å²) in [5.41, 5.74) is 0. The van der Waals surface area contributed by atoms with Gasteiger partial charge in [-0.05, 0) is 37.4 Å². The quantitative estimate of drug-likeness (QED) is 0.601. The molecule has 3 rings (SSSR count). The molecule has 0 spiro atoms. The number of hydroxylamine groups is 2. The van der Waals surface area contributed by atoms with Crippen molar-refractivity contribution < 1.29 is 28.8 Å². The van der Waals surface area contributed by atoms with Crippen LogP contribution in [0.4, 0.5) is 0 Å². The van der Waals surface area contributed by atoms with Gasteiger partial charge in [-0.1, -0.05) is 20.8 Å². The number of hydrogen-bond acceptors (Lipinski definition) is 7. The Morgan fingerprint density at radius 1 is 1.00 bits per heavy atom. The molecule has 162 valence electrons. The van der Waals surface area contributed by atoms with E-state index in [4.69, 9.17) is 4.84 Å². The van der Waals surface area contributed by atoms with Gasteiger partial charge in [-0.3, -0.25) is 24.1 Å². The highest BCUT2D eigenvalue weighted by Crippen LogP contribution is 2.33. The van der Waals surface area contributed by atoms with E-state index in [1.165, 1.54) is 16.7 Å².